The molecule has 1 rings (SSSR count). The van der Waals surface area contributed by atoms with Crippen molar-refractivity contribution < 1.29 is 9.92 Å². The van der Waals surface area contributed by atoms with Crippen molar-refractivity contribution >= 4 is 0 Å². The summed E-state index contributed by atoms with van der Waals surface area (Å²) in [5.41, 5.74) is 6.44. The predicted octanol–water partition coefficient (Wildman–Crippen LogP) is 0.895. The van der Waals surface area contributed by atoms with E-state index in [1.165, 1.54) is 0 Å². The maximum atomic E-state index is 9.86. The van der Waals surface area contributed by atoms with E-state index in [-0.39, 0.29) is 6.61 Å². The molecular weight excluding hydrogens is 172 g/mol. The highest BCUT2D eigenvalue weighted by molar-refractivity contribution is 5.18. The Hall–Kier alpha value is -1.62. The van der Waals surface area contributed by atoms with Crippen LogP contribution in [0.4, 0.5) is 0 Å². The highest BCUT2D eigenvalue weighted by Gasteiger charge is 2.06. The van der Waals surface area contributed by atoms with Gasteiger partial charge in [-0.2, -0.15) is 0 Å². The van der Waals surface area contributed by atoms with E-state index in [1.807, 2.05) is 18.2 Å². The highest BCUT2D eigenvalue weighted by Crippen LogP contribution is 2.09. The second kappa shape index (κ2) is 4.42. The van der Waals surface area contributed by atoms with Crippen LogP contribution in [0.1, 0.15) is 11.6 Å². The number of nitrogens with two attached hydrogens (primary N) is 1. The van der Waals surface area contributed by atoms with Gasteiger partial charge in [0, 0.05) is 0 Å². The van der Waals surface area contributed by atoms with Crippen molar-refractivity contribution in [1.82, 2.24) is 0 Å². The van der Waals surface area contributed by atoms with Crippen molar-refractivity contribution in [2.24, 2.45) is 5.73 Å². The van der Waals surface area contributed by atoms with Crippen molar-refractivity contribution in [3.8, 4) is 0 Å². The second-order valence-electron chi connectivity index (χ2n) is 2.54. The first-order valence-electron chi connectivity index (χ1n) is 3.78. The highest BCUT2D eigenvalue weighted by atomic mass is 16.9. The van der Waals surface area contributed by atoms with Gasteiger partial charge in [0.25, 0.3) is 5.09 Å². The normalized spacial score (nSPS) is 12.1. The van der Waals surface area contributed by atoms with E-state index in [0.29, 0.717) is 0 Å². The maximum Gasteiger partial charge on any atom is 0.294 e. The smallest absolute Gasteiger partial charge is 0.294 e. The molecule has 0 saturated heterocycles. The van der Waals surface area contributed by atoms with Gasteiger partial charge in [-0.3, -0.25) is 0 Å². The monoisotopic (exact) mass is 182 g/mol. The van der Waals surface area contributed by atoms with E-state index in [1.54, 1.807) is 12.1 Å². The number of benzene rings is 1. The summed E-state index contributed by atoms with van der Waals surface area (Å²) < 4.78 is 0. The van der Waals surface area contributed by atoms with Crippen LogP contribution in [-0.2, 0) is 4.84 Å². The molecule has 5 heteroatoms. The molecule has 0 unspecified atom stereocenters. The third-order valence-electron chi connectivity index (χ3n) is 1.59. The van der Waals surface area contributed by atoms with Crippen LogP contribution in [-0.4, -0.2) is 11.7 Å². The van der Waals surface area contributed by atoms with Gasteiger partial charge in [0.05, 0.1) is 6.04 Å². The molecule has 0 bridgehead atoms. The van der Waals surface area contributed by atoms with Gasteiger partial charge in [-0.15, -0.1) is 10.1 Å². The summed E-state index contributed by atoms with van der Waals surface area (Å²) in [5, 5.41) is 9.02. The van der Waals surface area contributed by atoms with E-state index >= 15 is 0 Å². The Morgan fingerprint density at radius 3 is 2.62 bits per heavy atom. The molecule has 13 heavy (non-hydrogen) atoms. The number of rotatable bonds is 4. The lowest BCUT2D eigenvalue weighted by Crippen LogP contribution is -2.18. The van der Waals surface area contributed by atoms with E-state index in [2.05, 4.69) is 4.84 Å². The first-order chi connectivity index (χ1) is 6.20. The van der Waals surface area contributed by atoms with Crippen LogP contribution in [0.15, 0.2) is 30.3 Å². The van der Waals surface area contributed by atoms with Crippen molar-refractivity contribution in [3.05, 3.63) is 46.0 Å². The Morgan fingerprint density at radius 1 is 1.46 bits per heavy atom. The Balaban J connectivity index is 2.49. The largest absolute Gasteiger partial charge is 0.322 e. The molecule has 0 aliphatic rings. The molecule has 0 spiro atoms. The fourth-order valence-electron chi connectivity index (χ4n) is 0.938. The third-order valence-corrected chi connectivity index (χ3v) is 1.59. The molecule has 1 aromatic carbocycles. The van der Waals surface area contributed by atoms with Crippen molar-refractivity contribution in [2.45, 2.75) is 6.04 Å². The minimum absolute atomic E-state index is 0.114. The molecular formula is C8H10N2O3. The summed E-state index contributed by atoms with van der Waals surface area (Å²) in [6.45, 7) is -0.114. The first kappa shape index (κ1) is 9.47. The van der Waals surface area contributed by atoms with Crippen molar-refractivity contribution in [3.63, 3.8) is 0 Å². The van der Waals surface area contributed by atoms with Crippen LogP contribution in [0.25, 0.3) is 0 Å². The summed E-state index contributed by atoms with van der Waals surface area (Å²) in [5.74, 6) is 0. The molecule has 0 amide bonds. The van der Waals surface area contributed by atoms with Crippen LogP contribution in [0.2, 0.25) is 0 Å². The molecule has 0 aliphatic carbocycles. The quantitative estimate of drug-likeness (QED) is 0.554. The van der Waals surface area contributed by atoms with Crippen LogP contribution in [0, 0.1) is 10.1 Å². The van der Waals surface area contributed by atoms with E-state index < -0.39 is 11.1 Å². The fraction of sp³-hybridized carbons (Fsp3) is 0.250. The van der Waals surface area contributed by atoms with Crippen molar-refractivity contribution in [2.75, 3.05) is 6.61 Å². The van der Waals surface area contributed by atoms with Gasteiger partial charge < -0.3 is 10.6 Å². The summed E-state index contributed by atoms with van der Waals surface area (Å²) in [6, 6.07) is 8.64. The Bertz CT molecular complexity index is 276. The zero-order valence-corrected chi connectivity index (χ0v) is 6.92. The molecule has 1 atom stereocenters. The molecule has 0 aromatic heterocycles. The van der Waals surface area contributed by atoms with Crippen LogP contribution in [0.5, 0.6) is 0 Å². The third kappa shape index (κ3) is 3.08. The molecule has 5 nitrogen and oxygen atoms in total. The van der Waals surface area contributed by atoms with Crippen LogP contribution in [0.3, 0.4) is 0 Å². The predicted molar refractivity (Wildman–Crippen MR) is 46.3 cm³/mol. The van der Waals surface area contributed by atoms with Gasteiger partial charge in [-0.1, -0.05) is 30.3 Å². The van der Waals surface area contributed by atoms with E-state index in [4.69, 9.17) is 5.73 Å². The van der Waals surface area contributed by atoms with Gasteiger partial charge in [-0.05, 0) is 5.56 Å². The zero-order valence-electron chi connectivity index (χ0n) is 6.92. The van der Waals surface area contributed by atoms with Crippen molar-refractivity contribution in [1.29, 1.82) is 0 Å². The molecule has 2 N–H and O–H groups in total. The molecule has 0 aliphatic heterocycles. The minimum Gasteiger partial charge on any atom is -0.322 e. The van der Waals surface area contributed by atoms with Crippen LogP contribution < -0.4 is 5.73 Å². The lowest BCUT2D eigenvalue weighted by Gasteiger charge is -2.09. The topological polar surface area (TPSA) is 78.4 Å². The number of hydrogen-bond donors (Lipinski definition) is 1. The molecule has 0 fully saturated rings. The Morgan fingerprint density at radius 2 is 2.08 bits per heavy atom. The standard InChI is InChI=1S/C8H10N2O3/c9-8(6-13-10(11)12)7-4-2-1-3-5-7/h1-5,8H,6,9H2/t8-/m1/s1. The Kier molecular flexibility index (Phi) is 3.22. The molecule has 0 saturated carbocycles. The maximum absolute atomic E-state index is 9.86. The minimum atomic E-state index is -0.844. The van der Waals surface area contributed by atoms with Gasteiger partial charge in [-0.25, -0.2) is 0 Å². The number of nitrogens with zero attached hydrogens (tertiary/aromatic N) is 1. The summed E-state index contributed by atoms with van der Waals surface area (Å²) >= 11 is 0. The summed E-state index contributed by atoms with van der Waals surface area (Å²) in [4.78, 5) is 14.0. The molecule has 70 valence electrons. The molecule has 0 radical (unpaired) electrons. The molecule has 1 aromatic rings. The Labute approximate surface area is 75.2 Å². The van der Waals surface area contributed by atoms with Gasteiger partial charge in [0.2, 0.25) is 0 Å². The fourth-order valence-corrected chi connectivity index (χ4v) is 0.938. The second-order valence-corrected chi connectivity index (χ2v) is 2.54. The van der Waals surface area contributed by atoms with E-state index in [0.717, 1.165) is 5.56 Å². The lowest BCUT2D eigenvalue weighted by atomic mass is 10.1. The SMILES string of the molecule is N[C@H](CO[N+](=O)[O-])c1ccccc1. The average Bonchev–Trinajstić information content (AvgIpc) is 2.15. The van der Waals surface area contributed by atoms with Gasteiger partial charge in [0.1, 0.15) is 6.61 Å². The zero-order chi connectivity index (χ0) is 9.68. The number of hydrogen-bond acceptors (Lipinski definition) is 4. The van der Waals surface area contributed by atoms with Gasteiger partial charge in [0.15, 0.2) is 0 Å². The molecule has 0 heterocycles. The first-order valence-corrected chi connectivity index (χ1v) is 3.78. The van der Waals surface area contributed by atoms with E-state index in [9.17, 15) is 10.1 Å². The summed E-state index contributed by atoms with van der Waals surface area (Å²) in [6.07, 6.45) is 0. The summed E-state index contributed by atoms with van der Waals surface area (Å²) in [7, 11) is 0. The lowest BCUT2D eigenvalue weighted by molar-refractivity contribution is -0.758. The van der Waals surface area contributed by atoms with Crippen LogP contribution >= 0.6 is 0 Å². The average molecular weight is 182 g/mol. The van der Waals surface area contributed by atoms with Gasteiger partial charge >= 0.3 is 0 Å².